The van der Waals surface area contributed by atoms with Crippen molar-refractivity contribution >= 4 is 34.0 Å². The van der Waals surface area contributed by atoms with Crippen molar-refractivity contribution in [3.63, 3.8) is 0 Å². The molecule has 0 unspecified atom stereocenters. The minimum atomic E-state index is -0.464. The number of carbonyl (C=O) groups is 1. The zero-order chi connectivity index (χ0) is 16.0. The van der Waals surface area contributed by atoms with Crippen LogP contribution in [0.25, 0.3) is 22.2 Å². The van der Waals surface area contributed by atoms with Gasteiger partial charge in [0, 0.05) is 6.04 Å². The zero-order valence-corrected chi connectivity index (χ0v) is 13.0. The third-order valence-electron chi connectivity index (χ3n) is 4.61. The van der Waals surface area contributed by atoms with Crippen molar-refractivity contribution in [3.8, 4) is 0 Å². The minimum Gasteiger partial charge on any atom is -0.465 e. The van der Waals surface area contributed by atoms with Crippen LogP contribution in [0.1, 0.15) is 42.1 Å². The Labute approximate surface area is 133 Å². The van der Waals surface area contributed by atoms with Gasteiger partial charge in [0.05, 0.1) is 18.1 Å². The van der Waals surface area contributed by atoms with Gasteiger partial charge in [-0.05, 0) is 25.0 Å². The van der Waals surface area contributed by atoms with Crippen molar-refractivity contribution in [2.45, 2.75) is 31.7 Å². The van der Waals surface area contributed by atoms with E-state index in [1.54, 1.807) is 0 Å². The van der Waals surface area contributed by atoms with Crippen LogP contribution in [0, 0.1) is 0 Å². The first-order chi connectivity index (χ1) is 11.2. The van der Waals surface area contributed by atoms with E-state index in [-0.39, 0.29) is 6.04 Å². The van der Waals surface area contributed by atoms with Gasteiger partial charge in [-0.3, -0.25) is 0 Å². The molecule has 6 heteroatoms. The van der Waals surface area contributed by atoms with Crippen molar-refractivity contribution in [3.05, 3.63) is 29.8 Å². The molecule has 3 aromatic rings. The number of fused-ring (bicyclic) bond motifs is 2. The van der Waals surface area contributed by atoms with Crippen molar-refractivity contribution < 1.29 is 9.53 Å². The third kappa shape index (κ3) is 2.05. The molecule has 6 nitrogen and oxygen atoms in total. The van der Waals surface area contributed by atoms with Crippen LogP contribution in [-0.4, -0.2) is 27.6 Å². The van der Waals surface area contributed by atoms with Gasteiger partial charge in [-0.1, -0.05) is 25.0 Å². The quantitative estimate of drug-likeness (QED) is 0.735. The molecule has 2 N–H and O–H groups in total. The van der Waals surface area contributed by atoms with E-state index in [1.807, 2.05) is 28.8 Å². The van der Waals surface area contributed by atoms with E-state index in [0.29, 0.717) is 22.5 Å². The van der Waals surface area contributed by atoms with Gasteiger partial charge in [0.2, 0.25) is 0 Å². The van der Waals surface area contributed by atoms with E-state index in [0.717, 1.165) is 23.9 Å². The number of para-hydroxylation sites is 2. The number of methoxy groups -OCH3 is 1. The van der Waals surface area contributed by atoms with Crippen LogP contribution in [-0.2, 0) is 4.74 Å². The largest absolute Gasteiger partial charge is 0.465 e. The van der Waals surface area contributed by atoms with E-state index < -0.39 is 5.97 Å². The predicted molar refractivity (Wildman–Crippen MR) is 88.3 cm³/mol. The summed E-state index contributed by atoms with van der Waals surface area (Å²) in [6.07, 6.45) is 4.42. The Bertz CT molecular complexity index is 910. The van der Waals surface area contributed by atoms with Crippen molar-refractivity contribution in [1.29, 1.82) is 0 Å². The van der Waals surface area contributed by atoms with Crippen LogP contribution in [0.5, 0.6) is 0 Å². The highest BCUT2D eigenvalue weighted by molar-refractivity contribution is 6.08. The lowest BCUT2D eigenvalue weighted by molar-refractivity contribution is 0.0604. The number of nitrogens with zero attached hydrogens (tertiary/aromatic N) is 3. The molecule has 2 heterocycles. The van der Waals surface area contributed by atoms with Crippen LogP contribution in [0.3, 0.4) is 0 Å². The summed E-state index contributed by atoms with van der Waals surface area (Å²) in [5.74, 6) is -0.0529. The van der Waals surface area contributed by atoms with Gasteiger partial charge in [0.15, 0.2) is 5.65 Å². The van der Waals surface area contributed by atoms with Gasteiger partial charge in [-0.2, -0.15) is 0 Å². The number of benzene rings is 1. The molecule has 1 aromatic carbocycles. The minimum absolute atomic E-state index is 0.270. The summed E-state index contributed by atoms with van der Waals surface area (Å²) in [4.78, 5) is 21.6. The molecule has 1 saturated carbocycles. The summed E-state index contributed by atoms with van der Waals surface area (Å²) in [5.41, 5.74) is 9.39. The van der Waals surface area contributed by atoms with Gasteiger partial charge in [0.1, 0.15) is 16.9 Å². The van der Waals surface area contributed by atoms with Crippen molar-refractivity contribution in [2.75, 3.05) is 12.8 Å². The van der Waals surface area contributed by atoms with Crippen LogP contribution in [0.4, 0.5) is 5.82 Å². The first kappa shape index (κ1) is 14.0. The highest BCUT2D eigenvalue weighted by Crippen LogP contribution is 2.37. The Kier molecular flexibility index (Phi) is 3.18. The number of nitrogens with two attached hydrogens (primary N) is 1. The number of anilines is 1. The number of hydrogen-bond acceptors (Lipinski definition) is 5. The highest BCUT2D eigenvalue weighted by atomic mass is 16.5. The molecule has 4 rings (SSSR count). The highest BCUT2D eigenvalue weighted by Gasteiger charge is 2.29. The molecule has 0 amide bonds. The maximum atomic E-state index is 12.2. The molecular formula is C17H18N4O2. The number of esters is 1. The molecule has 0 spiro atoms. The van der Waals surface area contributed by atoms with E-state index in [4.69, 9.17) is 15.5 Å². The van der Waals surface area contributed by atoms with Crippen LogP contribution >= 0.6 is 0 Å². The molecule has 1 aliphatic rings. The molecule has 118 valence electrons. The van der Waals surface area contributed by atoms with Gasteiger partial charge in [0.25, 0.3) is 0 Å². The Hall–Kier alpha value is -2.63. The molecule has 23 heavy (non-hydrogen) atoms. The van der Waals surface area contributed by atoms with Crippen molar-refractivity contribution in [1.82, 2.24) is 14.5 Å². The first-order valence-corrected chi connectivity index (χ1v) is 7.85. The molecule has 1 aliphatic carbocycles. The van der Waals surface area contributed by atoms with E-state index >= 15 is 0 Å². The summed E-state index contributed by atoms with van der Waals surface area (Å²) >= 11 is 0. The Morgan fingerprint density at radius 1 is 1.22 bits per heavy atom. The fraction of sp³-hybridized carbons (Fsp3) is 0.353. The average molecular weight is 310 g/mol. The van der Waals surface area contributed by atoms with Gasteiger partial charge in [-0.15, -0.1) is 0 Å². The molecule has 0 saturated heterocycles. The number of carbonyl (C=O) groups excluding carboxylic acids is 1. The first-order valence-electron chi connectivity index (χ1n) is 7.85. The zero-order valence-electron chi connectivity index (χ0n) is 13.0. The summed E-state index contributed by atoms with van der Waals surface area (Å²) in [6, 6.07) is 7.90. The third-order valence-corrected chi connectivity index (χ3v) is 4.61. The predicted octanol–water partition coefficient (Wildman–Crippen LogP) is 3.07. The summed E-state index contributed by atoms with van der Waals surface area (Å²) in [7, 11) is 1.36. The maximum Gasteiger partial charge on any atom is 0.343 e. The normalized spacial score (nSPS) is 15.5. The molecular weight excluding hydrogens is 292 g/mol. The Morgan fingerprint density at radius 3 is 2.52 bits per heavy atom. The molecule has 0 atom stereocenters. The molecule has 0 radical (unpaired) electrons. The average Bonchev–Trinajstić information content (AvgIpc) is 3.17. The fourth-order valence-electron chi connectivity index (χ4n) is 3.52. The summed E-state index contributed by atoms with van der Waals surface area (Å²) < 4.78 is 6.89. The standard InChI is InChI=1S/C17H18N4O2/c1-23-17(22)13-14-16(20-12-9-5-4-8-11(12)19-14)21(15(13)18)10-6-2-3-7-10/h4-5,8-10H,2-3,6-7,18H2,1H3. The van der Waals surface area contributed by atoms with E-state index in [9.17, 15) is 4.79 Å². The van der Waals surface area contributed by atoms with Crippen molar-refractivity contribution in [2.24, 2.45) is 0 Å². The van der Waals surface area contributed by atoms with Gasteiger partial charge >= 0.3 is 5.97 Å². The lowest BCUT2D eigenvalue weighted by atomic mass is 10.2. The second-order valence-electron chi connectivity index (χ2n) is 5.94. The van der Waals surface area contributed by atoms with E-state index in [1.165, 1.54) is 20.0 Å². The number of aromatic nitrogens is 3. The topological polar surface area (TPSA) is 83.0 Å². The Balaban J connectivity index is 2.08. The second-order valence-corrected chi connectivity index (χ2v) is 5.94. The lowest BCUT2D eigenvalue weighted by Crippen LogP contribution is -2.11. The maximum absolute atomic E-state index is 12.2. The second kappa shape index (κ2) is 5.22. The lowest BCUT2D eigenvalue weighted by Gasteiger charge is -2.15. The van der Waals surface area contributed by atoms with Crippen LogP contribution < -0.4 is 5.73 Å². The van der Waals surface area contributed by atoms with Gasteiger partial charge in [-0.25, -0.2) is 14.8 Å². The van der Waals surface area contributed by atoms with Crippen LogP contribution in [0.2, 0.25) is 0 Å². The fourth-order valence-corrected chi connectivity index (χ4v) is 3.52. The summed E-state index contributed by atoms with van der Waals surface area (Å²) in [5, 5.41) is 0. The van der Waals surface area contributed by atoms with Gasteiger partial charge < -0.3 is 15.0 Å². The number of nitrogen functional groups attached to an aromatic ring is 1. The van der Waals surface area contributed by atoms with E-state index in [2.05, 4.69) is 4.98 Å². The van der Waals surface area contributed by atoms with Crippen LogP contribution in [0.15, 0.2) is 24.3 Å². The molecule has 0 aliphatic heterocycles. The number of hydrogen-bond donors (Lipinski definition) is 1. The Morgan fingerprint density at radius 2 is 1.87 bits per heavy atom. The monoisotopic (exact) mass is 310 g/mol. The smallest absolute Gasteiger partial charge is 0.343 e. The molecule has 1 fully saturated rings. The summed E-state index contributed by atoms with van der Waals surface area (Å²) in [6.45, 7) is 0. The number of rotatable bonds is 2. The molecule has 0 bridgehead atoms. The number of ether oxygens (including phenoxy) is 1. The molecule has 2 aromatic heterocycles. The SMILES string of the molecule is COC(=O)c1c(N)n(C2CCCC2)c2nc3ccccc3nc12.